The highest BCUT2D eigenvalue weighted by atomic mass is 28.4. The zero-order valence-corrected chi connectivity index (χ0v) is 24.6. The summed E-state index contributed by atoms with van der Waals surface area (Å²) in [6.07, 6.45) is 0. The Morgan fingerprint density at radius 3 is 1.26 bits per heavy atom. The van der Waals surface area contributed by atoms with Crippen LogP contribution < -0.4 is 15.6 Å². The van der Waals surface area contributed by atoms with Crippen LogP contribution in [0.1, 0.15) is 22.3 Å². The van der Waals surface area contributed by atoms with Gasteiger partial charge in [0, 0.05) is 0 Å². The highest BCUT2D eigenvalue weighted by molar-refractivity contribution is 7.04. The van der Waals surface area contributed by atoms with E-state index in [1.165, 1.54) is 37.8 Å². The largest absolute Gasteiger partial charge is 0.445 e. The van der Waals surface area contributed by atoms with Crippen LogP contribution >= 0.6 is 0 Å². The van der Waals surface area contributed by atoms with Crippen molar-refractivity contribution in [2.24, 2.45) is 0 Å². The van der Waals surface area contributed by atoms with E-state index in [9.17, 15) is 0 Å². The third-order valence-corrected chi connectivity index (χ3v) is 17.0. The Kier molecular flexibility index (Phi) is 7.89. The molecule has 0 radical (unpaired) electrons. The SMILES string of the molecule is Cc1ccccc1C[Si](C)(O[Si](Cc1ccccc1C)(c1ccccc1)c1ccccc1)c1ccccc1. The Morgan fingerprint density at radius 1 is 0.447 bits per heavy atom. The van der Waals surface area contributed by atoms with Gasteiger partial charge < -0.3 is 4.12 Å². The zero-order chi connectivity index (χ0) is 26.4. The topological polar surface area (TPSA) is 9.23 Å². The molecule has 0 aliphatic heterocycles. The van der Waals surface area contributed by atoms with Crippen molar-refractivity contribution < 1.29 is 4.12 Å². The van der Waals surface area contributed by atoms with Crippen molar-refractivity contribution >= 4 is 32.2 Å². The first kappa shape index (κ1) is 26.1. The smallest absolute Gasteiger partial charge is 0.249 e. The van der Waals surface area contributed by atoms with Gasteiger partial charge in [0.05, 0.1) is 0 Å². The van der Waals surface area contributed by atoms with E-state index in [1.807, 2.05) is 0 Å². The van der Waals surface area contributed by atoms with Crippen LogP contribution in [-0.2, 0) is 16.2 Å². The van der Waals surface area contributed by atoms with Crippen molar-refractivity contribution in [3.05, 3.63) is 162 Å². The van der Waals surface area contributed by atoms with E-state index in [4.69, 9.17) is 4.12 Å². The summed E-state index contributed by atoms with van der Waals surface area (Å²) in [6.45, 7) is 6.88. The van der Waals surface area contributed by atoms with E-state index in [0.717, 1.165) is 12.1 Å². The predicted octanol–water partition coefficient (Wildman–Crippen LogP) is 6.43. The van der Waals surface area contributed by atoms with Crippen LogP contribution in [0.3, 0.4) is 0 Å². The predicted molar refractivity (Wildman–Crippen MR) is 166 cm³/mol. The third-order valence-electron chi connectivity index (χ3n) is 7.75. The molecule has 0 fully saturated rings. The van der Waals surface area contributed by atoms with Crippen molar-refractivity contribution in [3.63, 3.8) is 0 Å². The normalized spacial score (nSPS) is 13.1. The van der Waals surface area contributed by atoms with E-state index >= 15 is 0 Å². The molecule has 0 aliphatic rings. The van der Waals surface area contributed by atoms with E-state index in [2.05, 4.69) is 160 Å². The number of benzene rings is 5. The van der Waals surface area contributed by atoms with Crippen LogP contribution in [0.5, 0.6) is 0 Å². The average molecular weight is 529 g/mol. The molecule has 0 saturated heterocycles. The molecule has 5 aromatic carbocycles. The molecule has 0 N–H and O–H groups in total. The van der Waals surface area contributed by atoms with E-state index in [0.29, 0.717) is 0 Å². The lowest BCUT2D eigenvalue weighted by atomic mass is 10.1. The molecule has 0 spiro atoms. The number of hydrogen-bond acceptors (Lipinski definition) is 1. The standard InChI is InChI=1S/C35H36OSi2/c1-29-17-13-15-19-31(29)27-37(3,33-21-7-4-8-22-33)36-38(34-23-9-5-10-24-34,35-25-11-6-12-26-35)28-32-20-16-14-18-30(32)2/h4-26H,27-28H2,1-3H3. The molecule has 0 amide bonds. The molecule has 0 bridgehead atoms. The summed E-state index contributed by atoms with van der Waals surface area (Å²) in [5.74, 6) is 0. The Bertz CT molecular complexity index is 1430. The van der Waals surface area contributed by atoms with Gasteiger partial charge in [-0.25, -0.2) is 0 Å². The summed E-state index contributed by atoms with van der Waals surface area (Å²) in [5.41, 5.74) is 5.40. The van der Waals surface area contributed by atoms with Crippen molar-refractivity contribution in [3.8, 4) is 0 Å². The molecule has 3 heteroatoms. The van der Waals surface area contributed by atoms with Crippen molar-refractivity contribution in [2.75, 3.05) is 0 Å². The van der Waals surface area contributed by atoms with Crippen molar-refractivity contribution in [2.45, 2.75) is 32.5 Å². The second-order valence-corrected chi connectivity index (χ2v) is 17.8. The van der Waals surface area contributed by atoms with Gasteiger partial charge in [-0.15, -0.1) is 0 Å². The second-order valence-electron chi connectivity index (χ2n) is 10.5. The zero-order valence-electron chi connectivity index (χ0n) is 22.6. The lowest BCUT2D eigenvalue weighted by Crippen LogP contribution is -2.70. The van der Waals surface area contributed by atoms with Gasteiger partial charge in [-0.3, -0.25) is 0 Å². The highest BCUT2D eigenvalue weighted by Crippen LogP contribution is 2.25. The van der Waals surface area contributed by atoms with Gasteiger partial charge >= 0.3 is 0 Å². The molecule has 0 saturated carbocycles. The molecule has 1 nitrogen and oxygen atoms in total. The maximum atomic E-state index is 7.98. The Labute approximate surface area is 230 Å². The minimum absolute atomic E-state index is 0.900. The monoisotopic (exact) mass is 528 g/mol. The summed E-state index contributed by atoms with van der Waals surface area (Å²) >= 11 is 0. The number of aryl methyl sites for hydroxylation is 2. The van der Waals surface area contributed by atoms with Gasteiger partial charge in [0.2, 0.25) is 16.6 Å². The minimum Gasteiger partial charge on any atom is -0.445 e. The lowest BCUT2D eigenvalue weighted by Gasteiger charge is -2.42. The molecule has 190 valence electrons. The molecule has 5 aromatic rings. The Hall–Kier alpha value is -3.51. The van der Waals surface area contributed by atoms with Crippen LogP contribution in [0.15, 0.2) is 140 Å². The quantitative estimate of drug-likeness (QED) is 0.200. The van der Waals surface area contributed by atoms with Crippen LogP contribution in [0.2, 0.25) is 6.55 Å². The minimum atomic E-state index is -2.75. The molecule has 1 unspecified atom stereocenters. The van der Waals surface area contributed by atoms with Gasteiger partial charge in [-0.2, -0.15) is 0 Å². The Morgan fingerprint density at radius 2 is 0.816 bits per heavy atom. The number of hydrogen-bond donors (Lipinski definition) is 0. The van der Waals surface area contributed by atoms with Crippen molar-refractivity contribution in [1.29, 1.82) is 0 Å². The van der Waals surface area contributed by atoms with E-state index in [1.54, 1.807) is 0 Å². The van der Waals surface area contributed by atoms with E-state index < -0.39 is 16.6 Å². The third kappa shape index (κ3) is 5.51. The van der Waals surface area contributed by atoms with Crippen LogP contribution in [0.25, 0.3) is 0 Å². The van der Waals surface area contributed by atoms with Crippen LogP contribution in [0.4, 0.5) is 0 Å². The summed E-state index contributed by atoms with van der Waals surface area (Å²) in [5, 5.41) is 4.00. The van der Waals surface area contributed by atoms with Gasteiger partial charge in [0.1, 0.15) is 0 Å². The fraction of sp³-hybridized carbons (Fsp3) is 0.143. The fourth-order valence-corrected chi connectivity index (χ4v) is 16.0. The molecule has 1 atom stereocenters. The van der Waals surface area contributed by atoms with Crippen LogP contribution in [-0.4, -0.2) is 16.6 Å². The first-order chi connectivity index (χ1) is 18.5. The first-order valence-electron chi connectivity index (χ1n) is 13.5. The van der Waals surface area contributed by atoms with Crippen molar-refractivity contribution in [1.82, 2.24) is 0 Å². The maximum Gasteiger partial charge on any atom is 0.249 e. The molecular formula is C35H36OSi2. The molecular weight excluding hydrogens is 493 g/mol. The molecule has 0 aliphatic carbocycles. The Balaban J connectivity index is 1.74. The van der Waals surface area contributed by atoms with Gasteiger partial charge in [-0.1, -0.05) is 140 Å². The summed E-state index contributed by atoms with van der Waals surface area (Å²) < 4.78 is 7.98. The summed E-state index contributed by atoms with van der Waals surface area (Å²) in [7, 11) is -5.26. The lowest BCUT2D eigenvalue weighted by molar-refractivity contribution is 0.558. The fourth-order valence-electron chi connectivity index (χ4n) is 5.56. The summed E-state index contributed by atoms with van der Waals surface area (Å²) in [4.78, 5) is 0. The molecule has 5 rings (SSSR count). The van der Waals surface area contributed by atoms with Gasteiger partial charge in [0.25, 0.3) is 0 Å². The van der Waals surface area contributed by atoms with Gasteiger partial charge in [0.15, 0.2) is 0 Å². The maximum absolute atomic E-state index is 7.98. The number of rotatable bonds is 9. The molecule has 38 heavy (non-hydrogen) atoms. The first-order valence-corrected chi connectivity index (χ1v) is 18.2. The van der Waals surface area contributed by atoms with Gasteiger partial charge in [-0.05, 0) is 70.3 Å². The second kappa shape index (κ2) is 11.5. The molecule has 0 heterocycles. The van der Waals surface area contributed by atoms with Crippen LogP contribution in [0, 0.1) is 13.8 Å². The van der Waals surface area contributed by atoms with E-state index in [-0.39, 0.29) is 0 Å². The summed E-state index contributed by atoms with van der Waals surface area (Å²) in [6, 6.07) is 52.6. The highest BCUT2D eigenvalue weighted by Gasteiger charge is 2.47. The average Bonchev–Trinajstić information content (AvgIpc) is 2.96. The molecule has 0 aromatic heterocycles.